The number of fused-ring (bicyclic) bond motifs is 2. The number of carboxylic acid groups (broad SMARTS) is 1. The topological polar surface area (TPSA) is 69.6 Å². The summed E-state index contributed by atoms with van der Waals surface area (Å²) in [6.07, 6.45) is -4.08. The number of nitrogens with one attached hydrogen (secondary N) is 1. The summed E-state index contributed by atoms with van der Waals surface area (Å²) in [6.45, 7) is 3.73. The number of nitrogens with zero attached hydrogens (tertiary/aromatic N) is 1. The zero-order chi connectivity index (χ0) is 27.9. The zero-order valence-corrected chi connectivity index (χ0v) is 21.4. The van der Waals surface area contributed by atoms with Crippen molar-refractivity contribution >= 4 is 34.0 Å². The summed E-state index contributed by atoms with van der Waals surface area (Å²) in [4.78, 5) is 26.4. The smallest absolute Gasteiger partial charge is 0.417 e. The van der Waals surface area contributed by atoms with E-state index < -0.39 is 29.7 Å². The first-order valence-electron chi connectivity index (χ1n) is 12.7. The molecular formula is C31H27F3N2O3. The molecule has 4 aromatic rings. The number of aliphatic carboxylic acids is 1. The molecule has 1 aliphatic heterocycles. The van der Waals surface area contributed by atoms with Crippen molar-refractivity contribution in [1.82, 2.24) is 4.90 Å². The van der Waals surface area contributed by atoms with Crippen LogP contribution in [-0.4, -0.2) is 27.9 Å². The first-order valence-corrected chi connectivity index (χ1v) is 12.7. The summed E-state index contributed by atoms with van der Waals surface area (Å²) in [5, 5.41) is 14.8. The van der Waals surface area contributed by atoms with Crippen LogP contribution >= 0.6 is 0 Å². The van der Waals surface area contributed by atoms with Gasteiger partial charge in [0.25, 0.3) is 5.91 Å². The normalized spacial score (nSPS) is 14.8. The highest BCUT2D eigenvalue weighted by atomic mass is 19.4. The van der Waals surface area contributed by atoms with Crippen LogP contribution in [0.25, 0.3) is 21.9 Å². The molecule has 1 amide bonds. The molecule has 5 rings (SSSR count). The van der Waals surface area contributed by atoms with Gasteiger partial charge in [0, 0.05) is 23.5 Å². The van der Waals surface area contributed by atoms with E-state index in [1.165, 1.54) is 17.0 Å². The highest BCUT2D eigenvalue weighted by Gasteiger charge is 2.39. The number of rotatable bonds is 7. The number of hydrogen-bond donors (Lipinski definition) is 2. The van der Waals surface area contributed by atoms with Crippen LogP contribution in [0.2, 0.25) is 0 Å². The molecule has 200 valence electrons. The molecule has 5 nitrogen and oxygen atoms in total. The number of alkyl halides is 3. The van der Waals surface area contributed by atoms with Crippen LogP contribution in [0, 0.1) is 5.92 Å². The van der Waals surface area contributed by atoms with Gasteiger partial charge < -0.3 is 15.3 Å². The molecule has 1 heterocycles. The third-order valence-corrected chi connectivity index (χ3v) is 7.39. The van der Waals surface area contributed by atoms with Gasteiger partial charge in [-0.15, -0.1) is 0 Å². The molecule has 0 spiro atoms. The van der Waals surface area contributed by atoms with Gasteiger partial charge in [-0.05, 0) is 63.7 Å². The molecule has 39 heavy (non-hydrogen) atoms. The van der Waals surface area contributed by atoms with Gasteiger partial charge in [0.05, 0.1) is 5.56 Å². The number of benzene rings is 4. The molecule has 0 aliphatic carbocycles. The monoisotopic (exact) mass is 532 g/mol. The Kier molecular flexibility index (Phi) is 6.80. The van der Waals surface area contributed by atoms with Crippen molar-refractivity contribution in [2.24, 2.45) is 5.92 Å². The summed E-state index contributed by atoms with van der Waals surface area (Å²) in [5.41, 5.74) is 1.12. The minimum Gasteiger partial charge on any atom is -0.480 e. The van der Waals surface area contributed by atoms with Crippen molar-refractivity contribution in [1.29, 1.82) is 0 Å². The van der Waals surface area contributed by atoms with E-state index in [1.807, 2.05) is 49.4 Å². The Morgan fingerprint density at radius 3 is 2.33 bits per heavy atom. The number of amides is 1. The van der Waals surface area contributed by atoms with E-state index >= 15 is 0 Å². The van der Waals surface area contributed by atoms with Crippen LogP contribution in [-0.2, 0) is 17.5 Å². The molecule has 0 fully saturated rings. The molecule has 8 heteroatoms. The zero-order valence-electron chi connectivity index (χ0n) is 21.4. The van der Waals surface area contributed by atoms with E-state index in [0.29, 0.717) is 17.7 Å². The molecule has 0 bridgehead atoms. The lowest BCUT2D eigenvalue weighted by Crippen LogP contribution is -2.45. The fraction of sp³-hybridized carbons (Fsp3) is 0.226. The molecule has 4 aromatic carbocycles. The lowest BCUT2D eigenvalue weighted by atomic mass is 9.95. The number of carbonyl (C=O) groups excluding carboxylic acids is 1. The molecule has 2 unspecified atom stereocenters. The number of carbonyl (C=O) groups is 2. The van der Waals surface area contributed by atoms with E-state index in [1.54, 1.807) is 25.1 Å². The largest absolute Gasteiger partial charge is 0.480 e. The van der Waals surface area contributed by atoms with Gasteiger partial charge in [0.15, 0.2) is 0 Å². The summed E-state index contributed by atoms with van der Waals surface area (Å²) in [7, 11) is 0. The van der Waals surface area contributed by atoms with Gasteiger partial charge in [0.1, 0.15) is 6.04 Å². The standard InChI is InChI=1S/C31H27F3N2O3/c1-3-18(2)28(30(38)39)36-17-22-9-8-21(15-26(22)29(36)37)25-13-12-24(16-27(25)31(32,33)34)35-23-11-10-19-6-4-5-7-20(19)14-23/h4-16,18,28,35H,3,17H2,1-2H3,(H,38,39). The molecule has 2 N–H and O–H groups in total. The Morgan fingerprint density at radius 2 is 1.64 bits per heavy atom. The second-order valence-electron chi connectivity index (χ2n) is 9.92. The predicted molar refractivity (Wildman–Crippen MR) is 145 cm³/mol. The second kappa shape index (κ2) is 10.1. The minimum absolute atomic E-state index is 0.0580. The average Bonchev–Trinajstić information content (AvgIpc) is 3.23. The number of halogens is 3. The fourth-order valence-corrected chi connectivity index (χ4v) is 5.16. The van der Waals surface area contributed by atoms with E-state index in [0.717, 1.165) is 16.8 Å². The van der Waals surface area contributed by atoms with Crippen molar-refractivity contribution in [2.45, 2.75) is 39.0 Å². The number of anilines is 2. The van der Waals surface area contributed by atoms with Crippen LogP contribution in [0.15, 0.2) is 78.9 Å². The Balaban J connectivity index is 1.48. The first kappa shape index (κ1) is 26.3. The van der Waals surface area contributed by atoms with Gasteiger partial charge in [-0.3, -0.25) is 4.79 Å². The van der Waals surface area contributed by atoms with Crippen molar-refractivity contribution < 1.29 is 27.9 Å². The van der Waals surface area contributed by atoms with Crippen molar-refractivity contribution in [3.05, 3.63) is 95.6 Å². The maximum atomic E-state index is 14.2. The van der Waals surface area contributed by atoms with Crippen molar-refractivity contribution in [3.63, 3.8) is 0 Å². The van der Waals surface area contributed by atoms with Crippen molar-refractivity contribution in [2.75, 3.05) is 5.32 Å². The minimum atomic E-state index is -4.64. The van der Waals surface area contributed by atoms with Gasteiger partial charge in [0.2, 0.25) is 0 Å². The van der Waals surface area contributed by atoms with E-state index in [2.05, 4.69) is 5.32 Å². The Bertz CT molecular complexity index is 1580. The van der Waals surface area contributed by atoms with E-state index in [4.69, 9.17) is 0 Å². The lowest BCUT2D eigenvalue weighted by Gasteiger charge is -2.28. The third-order valence-electron chi connectivity index (χ3n) is 7.39. The van der Waals surface area contributed by atoms with Gasteiger partial charge in [-0.2, -0.15) is 13.2 Å². The summed E-state index contributed by atoms with van der Waals surface area (Å²) in [6, 6.07) is 20.9. The number of carboxylic acids is 1. The Labute approximate surface area is 223 Å². The van der Waals surface area contributed by atoms with Crippen molar-refractivity contribution in [3.8, 4) is 11.1 Å². The summed E-state index contributed by atoms with van der Waals surface area (Å²) < 4.78 is 42.7. The molecule has 2 atom stereocenters. The second-order valence-corrected chi connectivity index (χ2v) is 9.92. The van der Waals surface area contributed by atoms with Crippen LogP contribution in [0.5, 0.6) is 0 Å². The summed E-state index contributed by atoms with van der Waals surface area (Å²) in [5.74, 6) is -1.86. The summed E-state index contributed by atoms with van der Waals surface area (Å²) >= 11 is 0. The predicted octanol–water partition coefficient (Wildman–Crippen LogP) is 7.72. The number of hydrogen-bond acceptors (Lipinski definition) is 3. The van der Waals surface area contributed by atoms with Crippen LogP contribution in [0.3, 0.4) is 0 Å². The Morgan fingerprint density at radius 1 is 0.949 bits per heavy atom. The molecule has 0 saturated carbocycles. The maximum absolute atomic E-state index is 14.2. The molecule has 0 saturated heterocycles. The third kappa shape index (κ3) is 5.06. The van der Waals surface area contributed by atoms with E-state index in [-0.39, 0.29) is 34.8 Å². The average molecular weight is 533 g/mol. The van der Waals surface area contributed by atoms with E-state index in [9.17, 15) is 27.9 Å². The molecular weight excluding hydrogens is 505 g/mol. The molecule has 1 aliphatic rings. The Hall–Kier alpha value is -4.33. The molecule has 0 radical (unpaired) electrons. The van der Waals surface area contributed by atoms with Crippen LogP contribution in [0.4, 0.5) is 24.5 Å². The quantitative estimate of drug-likeness (QED) is 0.256. The van der Waals surface area contributed by atoms with Gasteiger partial charge >= 0.3 is 12.1 Å². The van der Waals surface area contributed by atoms with Crippen LogP contribution in [0.1, 0.15) is 41.8 Å². The highest BCUT2D eigenvalue weighted by molar-refractivity contribution is 6.01. The fourth-order valence-electron chi connectivity index (χ4n) is 5.16. The lowest BCUT2D eigenvalue weighted by molar-refractivity contribution is -0.144. The SMILES string of the molecule is CCC(C)C(C(=O)O)N1Cc2ccc(-c3ccc(Nc4ccc5ccccc5c4)cc3C(F)(F)F)cc2C1=O. The highest BCUT2D eigenvalue weighted by Crippen LogP contribution is 2.41. The first-order chi connectivity index (χ1) is 18.6. The molecule has 0 aromatic heterocycles. The van der Waals surface area contributed by atoms with Gasteiger partial charge in [-0.1, -0.05) is 68.8 Å². The van der Waals surface area contributed by atoms with Crippen LogP contribution < -0.4 is 5.32 Å². The van der Waals surface area contributed by atoms with Gasteiger partial charge in [-0.25, -0.2) is 4.79 Å². The maximum Gasteiger partial charge on any atom is 0.417 e.